The molecule has 0 saturated heterocycles. The van der Waals surface area contributed by atoms with Crippen molar-refractivity contribution >= 4 is 34.5 Å². The third-order valence-corrected chi connectivity index (χ3v) is 3.14. The minimum atomic E-state index is 0.569. The van der Waals surface area contributed by atoms with E-state index in [0.29, 0.717) is 16.7 Å². The minimum absolute atomic E-state index is 0.569. The van der Waals surface area contributed by atoms with Gasteiger partial charge in [0.05, 0.1) is 6.07 Å². The van der Waals surface area contributed by atoms with Gasteiger partial charge in [-0.3, -0.25) is 0 Å². The van der Waals surface area contributed by atoms with Crippen LogP contribution in [0.15, 0.2) is 27.8 Å². The number of halogens is 1. The van der Waals surface area contributed by atoms with Crippen molar-refractivity contribution in [3.8, 4) is 6.07 Å². The van der Waals surface area contributed by atoms with E-state index in [1.165, 1.54) is 11.8 Å². The lowest BCUT2D eigenvalue weighted by Crippen LogP contribution is -1.78. The fraction of sp³-hybridized carbons (Fsp3) is 0.273. The Balaban J connectivity index is 2.06. The molecule has 0 N–H and O–H groups in total. The SMILES string of the molecule is N#CCCCSc1nc2cc(Cl)ccc2o1. The molecule has 0 aliphatic rings. The van der Waals surface area contributed by atoms with E-state index in [2.05, 4.69) is 11.1 Å². The van der Waals surface area contributed by atoms with Gasteiger partial charge in [0.2, 0.25) is 0 Å². The van der Waals surface area contributed by atoms with Crippen LogP contribution in [-0.4, -0.2) is 10.7 Å². The van der Waals surface area contributed by atoms with Crippen molar-refractivity contribution in [3.05, 3.63) is 23.2 Å². The summed E-state index contributed by atoms with van der Waals surface area (Å²) >= 11 is 7.37. The highest BCUT2D eigenvalue weighted by atomic mass is 35.5. The van der Waals surface area contributed by atoms with Gasteiger partial charge in [-0.05, 0) is 24.6 Å². The van der Waals surface area contributed by atoms with E-state index in [4.69, 9.17) is 21.3 Å². The van der Waals surface area contributed by atoms with Crippen LogP contribution < -0.4 is 0 Å². The van der Waals surface area contributed by atoms with Gasteiger partial charge in [-0.15, -0.1) is 0 Å². The van der Waals surface area contributed by atoms with Crippen LogP contribution in [0.2, 0.25) is 5.02 Å². The van der Waals surface area contributed by atoms with E-state index in [-0.39, 0.29) is 0 Å². The molecule has 2 aromatic rings. The normalized spacial score (nSPS) is 10.5. The summed E-state index contributed by atoms with van der Waals surface area (Å²) in [4.78, 5) is 4.30. The lowest BCUT2D eigenvalue weighted by Gasteiger charge is -1.91. The highest BCUT2D eigenvalue weighted by Crippen LogP contribution is 2.25. The number of oxazole rings is 1. The predicted molar refractivity (Wildman–Crippen MR) is 64.6 cm³/mol. The molecule has 1 aromatic carbocycles. The minimum Gasteiger partial charge on any atom is -0.431 e. The van der Waals surface area contributed by atoms with Gasteiger partial charge in [-0.25, -0.2) is 4.98 Å². The van der Waals surface area contributed by atoms with E-state index in [0.717, 1.165) is 23.3 Å². The second kappa shape index (κ2) is 5.24. The Labute approximate surface area is 102 Å². The molecule has 0 aliphatic carbocycles. The number of aromatic nitrogens is 1. The molecule has 0 saturated carbocycles. The van der Waals surface area contributed by atoms with E-state index in [9.17, 15) is 0 Å². The second-order valence-corrected chi connectivity index (χ2v) is 4.68. The van der Waals surface area contributed by atoms with Crippen LogP contribution >= 0.6 is 23.4 Å². The first-order valence-corrected chi connectivity index (χ1v) is 6.22. The smallest absolute Gasteiger partial charge is 0.256 e. The molecule has 0 aliphatic heterocycles. The van der Waals surface area contributed by atoms with Crippen molar-refractivity contribution in [1.82, 2.24) is 4.98 Å². The average Bonchev–Trinajstić information content (AvgIpc) is 2.66. The monoisotopic (exact) mass is 252 g/mol. The number of rotatable bonds is 4. The van der Waals surface area contributed by atoms with Crippen LogP contribution in [0.4, 0.5) is 0 Å². The summed E-state index contributed by atoms with van der Waals surface area (Å²) in [7, 11) is 0. The van der Waals surface area contributed by atoms with Gasteiger partial charge in [0.15, 0.2) is 5.58 Å². The van der Waals surface area contributed by atoms with E-state index in [1.54, 1.807) is 12.1 Å². The van der Waals surface area contributed by atoms with Crippen LogP contribution in [-0.2, 0) is 0 Å². The number of fused-ring (bicyclic) bond motifs is 1. The number of nitriles is 1. The molecule has 16 heavy (non-hydrogen) atoms. The quantitative estimate of drug-likeness (QED) is 0.612. The molecular formula is C11H9ClN2OS. The molecule has 0 fully saturated rings. The van der Waals surface area contributed by atoms with Gasteiger partial charge >= 0.3 is 0 Å². The molecule has 1 aromatic heterocycles. The van der Waals surface area contributed by atoms with Crippen LogP contribution in [0.5, 0.6) is 0 Å². The zero-order chi connectivity index (χ0) is 11.4. The largest absolute Gasteiger partial charge is 0.431 e. The number of nitrogens with zero attached hydrogens (tertiary/aromatic N) is 2. The zero-order valence-corrected chi connectivity index (χ0v) is 10.0. The Hall–Kier alpha value is -1.18. The summed E-state index contributed by atoms with van der Waals surface area (Å²) in [6.07, 6.45) is 1.42. The summed E-state index contributed by atoms with van der Waals surface area (Å²) in [5.74, 6) is 0.841. The van der Waals surface area contributed by atoms with Gasteiger partial charge in [0.1, 0.15) is 5.52 Å². The first-order valence-electron chi connectivity index (χ1n) is 4.85. The maximum Gasteiger partial charge on any atom is 0.256 e. The van der Waals surface area contributed by atoms with Crippen molar-refractivity contribution in [3.63, 3.8) is 0 Å². The van der Waals surface area contributed by atoms with Gasteiger partial charge in [0.25, 0.3) is 5.22 Å². The highest BCUT2D eigenvalue weighted by Gasteiger charge is 2.06. The zero-order valence-electron chi connectivity index (χ0n) is 8.44. The van der Waals surface area contributed by atoms with Gasteiger partial charge < -0.3 is 4.42 Å². The summed E-state index contributed by atoms with van der Waals surface area (Å²) in [5, 5.41) is 9.68. The Morgan fingerprint density at radius 3 is 3.19 bits per heavy atom. The van der Waals surface area contributed by atoms with Crippen molar-refractivity contribution in [1.29, 1.82) is 5.26 Å². The standard InChI is InChI=1S/C11H9ClN2OS/c12-8-3-4-10-9(7-8)14-11(15-10)16-6-2-1-5-13/h3-4,7H,1-2,6H2. The van der Waals surface area contributed by atoms with Gasteiger partial charge in [-0.1, -0.05) is 23.4 Å². The van der Waals surface area contributed by atoms with E-state index >= 15 is 0 Å². The number of hydrogen-bond donors (Lipinski definition) is 0. The third kappa shape index (κ3) is 2.69. The predicted octanol–water partition coefficient (Wildman–Crippen LogP) is 3.88. The van der Waals surface area contributed by atoms with E-state index < -0.39 is 0 Å². The van der Waals surface area contributed by atoms with Crippen molar-refractivity contribution < 1.29 is 4.42 Å². The molecule has 5 heteroatoms. The van der Waals surface area contributed by atoms with Crippen molar-refractivity contribution in [2.75, 3.05) is 5.75 Å². The lowest BCUT2D eigenvalue weighted by molar-refractivity contribution is 0.489. The van der Waals surface area contributed by atoms with Crippen LogP contribution in [0.3, 0.4) is 0 Å². The average molecular weight is 253 g/mol. The topological polar surface area (TPSA) is 49.8 Å². The van der Waals surface area contributed by atoms with Crippen molar-refractivity contribution in [2.24, 2.45) is 0 Å². The number of thioether (sulfide) groups is 1. The first kappa shape index (κ1) is 11.3. The first-order chi connectivity index (χ1) is 7.79. The molecule has 0 spiro atoms. The molecule has 0 radical (unpaired) electrons. The second-order valence-electron chi connectivity index (χ2n) is 3.20. The fourth-order valence-corrected chi connectivity index (χ4v) is 2.19. The van der Waals surface area contributed by atoms with Gasteiger partial charge in [0, 0.05) is 17.2 Å². The van der Waals surface area contributed by atoms with Crippen LogP contribution in [0.25, 0.3) is 11.1 Å². The molecular weight excluding hydrogens is 244 g/mol. The number of hydrogen-bond acceptors (Lipinski definition) is 4. The Morgan fingerprint density at radius 1 is 1.50 bits per heavy atom. The number of unbranched alkanes of at least 4 members (excludes halogenated alkanes) is 1. The highest BCUT2D eigenvalue weighted by molar-refractivity contribution is 7.99. The Bertz CT molecular complexity index is 532. The Kier molecular flexibility index (Phi) is 3.70. The summed E-state index contributed by atoms with van der Waals surface area (Å²) in [6.45, 7) is 0. The fourth-order valence-electron chi connectivity index (χ4n) is 1.25. The molecule has 3 nitrogen and oxygen atoms in total. The van der Waals surface area contributed by atoms with Gasteiger partial charge in [-0.2, -0.15) is 5.26 Å². The molecule has 0 amide bonds. The third-order valence-electron chi connectivity index (χ3n) is 1.99. The maximum atomic E-state index is 8.40. The molecule has 0 unspecified atom stereocenters. The lowest BCUT2D eigenvalue weighted by atomic mass is 10.3. The molecule has 2 rings (SSSR count). The summed E-state index contributed by atoms with van der Waals surface area (Å²) in [6, 6.07) is 7.47. The van der Waals surface area contributed by atoms with Crippen LogP contribution in [0, 0.1) is 11.3 Å². The number of benzene rings is 1. The summed E-state index contributed by atoms with van der Waals surface area (Å²) < 4.78 is 5.51. The summed E-state index contributed by atoms with van der Waals surface area (Å²) in [5.41, 5.74) is 1.52. The molecule has 0 bridgehead atoms. The Morgan fingerprint density at radius 2 is 2.38 bits per heavy atom. The van der Waals surface area contributed by atoms with Crippen molar-refractivity contribution in [2.45, 2.75) is 18.1 Å². The maximum absolute atomic E-state index is 8.40. The molecule has 82 valence electrons. The van der Waals surface area contributed by atoms with Crippen LogP contribution in [0.1, 0.15) is 12.8 Å². The molecule has 0 atom stereocenters. The molecule has 1 heterocycles. The van der Waals surface area contributed by atoms with E-state index in [1.807, 2.05) is 6.07 Å².